The zero-order valence-electron chi connectivity index (χ0n) is 16.3. The lowest BCUT2D eigenvalue weighted by molar-refractivity contribution is 0.0960. The Morgan fingerprint density at radius 3 is 2.62 bits per heavy atom. The van der Waals surface area contributed by atoms with Gasteiger partial charge in [-0.3, -0.25) is 9.59 Å². The minimum absolute atomic E-state index is 0.0601. The minimum atomic E-state index is -0.361. The van der Waals surface area contributed by atoms with Crippen molar-refractivity contribution in [2.24, 2.45) is 10.2 Å². The maximum absolute atomic E-state index is 12.9. The van der Waals surface area contributed by atoms with Crippen molar-refractivity contribution in [3.8, 4) is 5.75 Å². The van der Waals surface area contributed by atoms with E-state index in [1.807, 2.05) is 30.3 Å². The van der Waals surface area contributed by atoms with Crippen LogP contribution in [0, 0.1) is 0 Å². The Kier molecular flexibility index (Phi) is 6.19. The molecule has 29 heavy (non-hydrogen) atoms. The largest absolute Gasteiger partial charge is 0.491 e. The Morgan fingerprint density at radius 2 is 1.97 bits per heavy atom. The van der Waals surface area contributed by atoms with E-state index in [1.54, 1.807) is 26.1 Å². The maximum Gasteiger partial charge on any atom is 0.255 e. The molecule has 1 atom stereocenters. The van der Waals surface area contributed by atoms with Crippen LogP contribution in [-0.4, -0.2) is 38.4 Å². The summed E-state index contributed by atoms with van der Waals surface area (Å²) in [5.41, 5.74) is 3.03. The van der Waals surface area contributed by atoms with Gasteiger partial charge in [-0.05, 0) is 24.6 Å². The highest BCUT2D eigenvalue weighted by Crippen LogP contribution is 2.41. The summed E-state index contributed by atoms with van der Waals surface area (Å²) in [4.78, 5) is 25.3. The van der Waals surface area contributed by atoms with Crippen LogP contribution in [0.4, 0.5) is 0 Å². The number of rotatable bonds is 6. The summed E-state index contributed by atoms with van der Waals surface area (Å²) >= 11 is 0. The average Bonchev–Trinajstić information content (AvgIpc) is 3.19. The molecule has 1 aliphatic rings. The highest BCUT2D eigenvalue weighted by molar-refractivity contribution is 6.04. The van der Waals surface area contributed by atoms with Crippen LogP contribution >= 0.6 is 0 Å². The summed E-state index contributed by atoms with van der Waals surface area (Å²) in [7, 11) is 1.54. The van der Waals surface area contributed by atoms with Crippen LogP contribution in [0.5, 0.6) is 5.75 Å². The zero-order valence-corrected chi connectivity index (χ0v) is 16.3. The summed E-state index contributed by atoms with van der Waals surface area (Å²) in [5.74, 6) is -0.220. The van der Waals surface area contributed by atoms with E-state index in [4.69, 9.17) is 4.74 Å². The average molecular weight is 390 g/mol. The van der Waals surface area contributed by atoms with Crippen molar-refractivity contribution in [3.05, 3.63) is 76.5 Å². The molecular formula is C22H22N4O3. The number of amides is 2. The fraction of sp³-hybridized carbons (Fsp3) is 0.182. The molecular weight excluding hydrogens is 368 g/mol. The molecule has 7 heteroatoms. The third kappa shape index (κ3) is 4.24. The molecule has 0 bridgehead atoms. The van der Waals surface area contributed by atoms with E-state index in [0.717, 1.165) is 11.1 Å². The monoisotopic (exact) mass is 390 g/mol. The molecule has 1 heterocycles. The molecule has 0 radical (unpaired) electrons. The summed E-state index contributed by atoms with van der Waals surface area (Å²) in [6.45, 7) is 5.45. The molecule has 2 aromatic carbocycles. The van der Waals surface area contributed by atoms with E-state index in [1.165, 1.54) is 12.3 Å². The molecule has 0 saturated heterocycles. The number of carbonyl (C=O) groups is 2. The molecule has 3 rings (SSSR count). The fourth-order valence-electron chi connectivity index (χ4n) is 3.21. The Balaban J connectivity index is 2.03. The van der Waals surface area contributed by atoms with Crippen molar-refractivity contribution in [2.75, 3.05) is 13.7 Å². The van der Waals surface area contributed by atoms with Crippen molar-refractivity contribution in [2.45, 2.75) is 12.8 Å². The lowest BCUT2D eigenvalue weighted by atomic mass is 9.90. The molecule has 2 aromatic rings. The SMILES string of the molecule is C=N/N=C\C(=C/C)NC(=O)c1cc(C(=O)NC)c2c(c1)C(c1ccccc1)CO2. The lowest BCUT2D eigenvalue weighted by Gasteiger charge is -2.13. The molecule has 0 aromatic heterocycles. The quantitative estimate of drug-likeness (QED) is 0.587. The van der Waals surface area contributed by atoms with Gasteiger partial charge in [0.25, 0.3) is 11.8 Å². The van der Waals surface area contributed by atoms with Gasteiger partial charge in [-0.1, -0.05) is 36.4 Å². The van der Waals surface area contributed by atoms with Crippen molar-refractivity contribution in [1.29, 1.82) is 0 Å². The molecule has 148 valence electrons. The van der Waals surface area contributed by atoms with E-state index in [9.17, 15) is 9.59 Å². The zero-order chi connectivity index (χ0) is 20.8. The summed E-state index contributed by atoms with van der Waals surface area (Å²) in [6.07, 6.45) is 3.09. The Bertz CT molecular complexity index is 997. The van der Waals surface area contributed by atoms with Gasteiger partial charge in [0.05, 0.1) is 24.1 Å². The first-order valence-corrected chi connectivity index (χ1v) is 9.13. The third-order valence-corrected chi connectivity index (χ3v) is 4.67. The number of nitrogens with one attached hydrogen (secondary N) is 2. The number of carbonyl (C=O) groups excluding carboxylic acids is 2. The Hall–Kier alpha value is -3.74. The summed E-state index contributed by atoms with van der Waals surface area (Å²) in [5, 5.41) is 12.4. The topological polar surface area (TPSA) is 92.2 Å². The summed E-state index contributed by atoms with van der Waals surface area (Å²) in [6, 6.07) is 13.2. The standard InChI is InChI=1S/C22H22N4O3/c1-4-16(12-25-24-3)26-21(27)15-10-17-19(14-8-6-5-7-9-14)13-29-20(17)18(11-15)22(28)23-2/h4-12,19H,3,13H2,1-2H3,(H,23,28)(H,26,27)/b16-4+,25-12-. The maximum atomic E-state index is 12.9. The van der Waals surface area contributed by atoms with Crippen LogP contribution < -0.4 is 15.4 Å². The molecule has 1 unspecified atom stereocenters. The molecule has 0 saturated carbocycles. The van der Waals surface area contributed by atoms with E-state index in [2.05, 4.69) is 27.6 Å². The molecule has 0 aliphatic carbocycles. The van der Waals surface area contributed by atoms with Crippen molar-refractivity contribution in [1.82, 2.24) is 10.6 Å². The van der Waals surface area contributed by atoms with Gasteiger partial charge >= 0.3 is 0 Å². The minimum Gasteiger partial charge on any atom is -0.491 e. The van der Waals surface area contributed by atoms with Crippen molar-refractivity contribution >= 4 is 24.7 Å². The second kappa shape index (κ2) is 8.97. The number of fused-ring (bicyclic) bond motifs is 1. The highest BCUT2D eigenvalue weighted by atomic mass is 16.5. The smallest absolute Gasteiger partial charge is 0.255 e. The van der Waals surface area contributed by atoms with Crippen LogP contribution in [0.1, 0.15) is 44.7 Å². The predicted molar refractivity (Wildman–Crippen MR) is 113 cm³/mol. The van der Waals surface area contributed by atoms with Crippen molar-refractivity contribution < 1.29 is 14.3 Å². The second-order valence-electron chi connectivity index (χ2n) is 6.38. The van der Waals surface area contributed by atoms with Crippen LogP contribution in [0.2, 0.25) is 0 Å². The van der Waals surface area contributed by atoms with Gasteiger partial charge in [-0.25, -0.2) is 0 Å². The first kappa shape index (κ1) is 20.0. The number of ether oxygens (including phenoxy) is 1. The number of hydrogen-bond acceptors (Lipinski definition) is 5. The Morgan fingerprint density at radius 1 is 1.21 bits per heavy atom. The lowest BCUT2D eigenvalue weighted by Crippen LogP contribution is -2.25. The van der Waals surface area contributed by atoms with Crippen LogP contribution in [-0.2, 0) is 0 Å². The molecule has 2 N–H and O–H groups in total. The normalized spacial score (nSPS) is 15.5. The third-order valence-electron chi connectivity index (χ3n) is 4.67. The van der Waals surface area contributed by atoms with Gasteiger partial charge in [-0.2, -0.15) is 10.2 Å². The molecule has 0 spiro atoms. The number of nitrogens with zero attached hydrogens (tertiary/aromatic N) is 2. The molecule has 0 fully saturated rings. The highest BCUT2D eigenvalue weighted by Gasteiger charge is 2.31. The number of benzene rings is 2. The molecule has 1 aliphatic heterocycles. The number of allylic oxidation sites excluding steroid dienone is 2. The number of hydrogen-bond donors (Lipinski definition) is 2. The van der Waals surface area contributed by atoms with Gasteiger partial charge in [0.15, 0.2) is 0 Å². The molecule has 7 nitrogen and oxygen atoms in total. The van der Waals surface area contributed by atoms with Crippen LogP contribution in [0.15, 0.2) is 64.4 Å². The van der Waals surface area contributed by atoms with Crippen LogP contribution in [0.25, 0.3) is 0 Å². The molecule has 2 amide bonds. The van der Waals surface area contributed by atoms with Gasteiger partial charge in [0.1, 0.15) is 5.75 Å². The summed E-state index contributed by atoms with van der Waals surface area (Å²) < 4.78 is 5.87. The van der Waals surface area contributed by atoms with Gasteiger partial charge in [0, 0.05) is 30.8 Å². The first-order valence-electron chi connectivity index (χ1n) is 9.13. The van der Waals surface area contributed by atoms with E-state index >= 15 is 0 Å². The van der Waals surface area contributed by atoms with E-state index < -0.39 is 0 Å². The van der Waals surface area contributed by atoms with Gasteiger partial charge in [0.2, 0.25) is 0 Å². The van der Waals surface area contributed by atoms with Crippen molar-refractivity contribution in [3.63, 3.8) is 0 Å². The van der Waals surface area contributed by atoms with E-state index in [0.29, 0.717) is 29.2 Å². The van der Waals surface area contributed by atoms with E-state index in [-0.39, 0.29) is 17.7 Å². The van der Waals surface area contributed by atoms with Gasteiger partial charge in [-0.15, -0.1) is 0 Å². The predicted octanol–water partition coefficient (Wildman–Crippen LogP) is 2.89. The van der Waals surface area contributed by atoms with Gasteiger partial charge < -0.3 is 15.4 Å². The second-order valence-corrected chi connectivity index (χ2v) is 6.38. The van der Waals surface area contributed by atoms with Crippen LogP contribution in [0.3, 0.4) is 0 Å². The first-order chi connectivity index (χ1) is 14.1. The fourth-order valence-corrected chi connectivity index (χ4v) is 3.21. The Labute approximate surface area is 169 Å².